The SMILES string of the molecule is Cc1cc(C)c(Cc2ccc(Br)cc2)c(C)c1. The third-order valence-corrected chi connectivity index (χ3v) is 3.66. The van der Waals surface area contributed by atoms with E-state index in [0.29, 0.717) is 0 Å². The van der Waals surface area contributed by atoms with Crippen molar-refractivity contribution < 1.29 is 0 Å². The maximum Gasteiger partial charge on any atom is 0.0175 e. The third kappa shape index (κ3) is 2.98. The van der Waals surface area contributed by atoms with E-state index in [1.54, 1.807) is 0 Å². The molecule has 0 atom stereocenters. The predicted molar refractivity (Wildman–Crippen MR) is 77.6 cm³/mol. The maximum atomic E-state index is 3.47. The number of hydrogen-bond acceptors (Lipinski definition) is 0. The Morgan fingerprint density at radius 1 is 0.882 bits per heavy atom. The summed E-state index contributed by atoms with van der Waals surface area (Å²) in [6.45, 7) is 6.56. The van der Waals surface area contributed by atoms with Gasteiger partial charge in [0.25, 0.3) is 0 Å². The Hall–Kier alpha value is -1.08. The molecule has 0 unspecified atom stereocenters. The Morgan fingerprint density at radius 3 is 1.94 bits per heavy atom. The topological polar surface area (TPSA) is 0 Å². The molecule has 0 saturated heterocycles. The maximum absolute atomic E-state index is 3.47. The number of halogens is 1. The standard InChI is InChI=1S/C16H17Br/c1-11-8-12(2)16(13(3)9-11)10-14-4-6-15(17)7-5-14/h4-9H,10H2,1-3H3. The second kappa shape index (κ2) is 5.05. The van der Waals surface area contributed by atoms with E-state index >= 15 is 0 Å². The second-order valence-electron chi connectivity index (χ2n) is 4.68. The first-order chi connectivity index (χ1) is 8.06. The minimum atomic E-state index is 1.02. The molecule has 0 saturated carbocycles. The van der Waals surface area contributed by atoms with Gasteiger partial charge in [0.05, 0.1) is 0 Å². The minimum Gasteiger partial charge on any atom is -0.0576 e. The van der Waals surface area contributed by atoms with E-state index in [0.717, 1.165) is 10.9 Å². The van der Waals surface area contributed by atoms with E-state index < -0.39 is 0 Å². The van der Waals surface area contributed by atoms with Crippen LogP contribution in [-0.2, 0) is 6.42 Å². The van der Waals surface area contributed by atoms with Gasteiger partial charge in [-0.1, -0.05) is 45.8 Å². The highest BCUT2D eigenvalue weighted by Crippen LogP contribution is 2.21. The van der Waals surface area contributed by atoms with Crippen LogP contribution in [0.1, 0.15) is 27.8 Å². The van der Waals surface area contributed by atoms with Crippen LogP contribution in [0.2, 0.25) is 0 Å². The summed E-state index contributed by atoms with van der Waals surface area (Å²) in [7, 11) is 0. The van der Waals surface area contributed by atoms with Crippen molar-refractivity contribution in [2.24, 2.45) is 0 Å². The molecule has 88 valence electrons. The normalized spacial score (nSPS) is 10.6. The monoisotopic (exact) mass is 288 g/mol. The highest BCUT2D eigenvalue weighted by atomic mass is 79.9. The summed E-state index contributed by atoms with van der Waals surface area (Å²) < 4.78 is 1.14. The van der Waals surface area contributed by atoms with Crippen molar-refractivity contribution in [3.63, 3.8) is 0 Å². The average Bonchev–Trinajstić information content (AvgIpc) is 2.26. The van der Waals surface area contributed by atoms with Gasteiger partial charge in [-0.25, -0.2) is 0 Å². The molecule has 0 fully saturated rings. The molecule has 1 heteroatoms. The third-order valence-electron chi connectivity index (χ3n) is 3.13. The number of hydrogen-bond donors (Lipinski definition) is 0. The highest BCUT2D eigenvalue weighted by molar-refractivity contribution is 9.10. The molecule has 0 N–H and O–H groups in total. The van der Waals surface area contributed by atoms with E-state index in [1.807, 2.05) is 0 Å². The number of aryl methyl sites for hydroxylation is 3. The van der Waals surface area contributed by atoms with Gasteiger partial charge in [-0.2, -0.15) is 0 Å². The quantitative estimate of drug-likeness (QED) is 0.732. The number of benzene rings is 2. The molecular formula is C16H17Br. The zero-order valence-corrected chi connectivity index (χ0v) is 12.1. The van der Waals surface area contributed by atoms with Crippen LogP contribution in [-0.4, -0.2) is 0 Å². The molecule has 2 rings (SSSR count). The summed E-state index contributed by atoms with van der Waals surface area (Å²) in [5.41, 5.74) is 6.96. The number of rotatable bonds is 2. The zero-order valence-electron chi connectivity index (χ0n) is 10.5. The summed E-state index contributed by atoms with van der Waals surface area (Å²) in [5.74, 6) is 0. The Bertz CT molecular complexity index is 501. The fourth-order valence-corrected chi connectivity index (χ4v) is 2.56. The molecule has 0 nitrogen and oxygen atoms in total. The molecule has 0 bridgehead atoms. The van der Waals surface area contributed by atoms with Gasteiger partial charge in [-0.3, -0.25) is 0 Å². The fraction of sp³-hybridized carbons (Fsp3) is 0.250. The van der Waals surface area contributed by atoms with Crippen molar-refractivity contribution in [2.45, 2.75) is 27.2 Å². The Balaban J connectivity index is 2.33. The van der Waals surface area contributed by atoms with Crippen LogP contribution in [0.5, 0.6) is 0 Å². The Kier molecular flexibility index (Phi) is 3.68. The zero-order chi connectivity index (χ0) is 12.4. The molecular weight excluding hydrogens is 272 g/mol. The highest BCUT2D eigenvalue weighted by Gasteiger charge is 2.04. The van der Waals surface area contributed by atoms with Gasteiger partial charge in [-0.05, 0) is 61.6 Å². The summed E-state index contributed by atoms with van der Waals surface area (Å²) >= 11 is 3.47. The van der Waals surface area contributed by atoms with Gasteiger partial charge in [0.2, 0.25) is 0 Å². The molecule has 0 aliphatic rings. The molecule has 0 aliphatic carbocycles. The van der Waals surface area contributed by atoms with Gasteiger partial charge in [0, 0.05) is 4.47 Å². The van der Waals surface area contributed by atoms with Gasteiger partial charge < -0.3 is 0 Å². The van der Waals surface area contributed by atoms with Crippen molar-refractivity contribution in [3.05, 3.63) is 68.7 Å². The molecule has 17 heavy (non-hydrogen) atoms. The Labute approximate surface area is 112 Å². The van der Waals surface area contributed by atoms with E-state index in [4.69, 9.17) is 0 Å². The van der Waals surface area contributed by atoms with Crippen LogP contribution in [0, 0.1) is 20.8 Å². The molecule has 0 aromatic heterocycles. The first kappa shape index (κ1) is 12.4. The lowest BCUT2D eigenvalue weighted by atomic mass is 9.94. The minimum absolute atomic E-state index is 1.02. The van der Waals surface area contributed by atoms with Crippen LogP contribution in [0.15, 0.2) is 40.9 Å². The lowest BCUT2D eigenvalue weighted by molar-refractivity contribution is 1.11. The van der Waals surface area contributed by atoms with E-state index in [9.17, 15) is 0 Å². The van der Waals surface area contributed by atoms with Gasteiger partial charge >= 0.3 is 0 Å². The van der Waals surface area contributed by atoms with E-state index in [-0.39, 0.29) is 0 Å². The van der Waals surface area contributed by atoms with Gasteiger partial charge in [0.15, 0.2) is 0 Å². The molecule has 2 aromatic rings. The van der Waals surface area contributed by atoms with Gasteiger partial charge in [-0.15, -0.1) is 0 Å². The van der Waals surface area contributed by atoms with Crippen LogP contribution in [0.25, 0.3) is 0 Å². The summed E-state index contributed by atoms with van der Waals surface area (Å²) in [5, 5.41) is 0. The summed E-state index contributed by atoms with van der Waals surface area (Å²) in [6.07, 6.45) is 1.02. The van der Waals surface area contributed by atoms with Crippen LogP contribution in [0.4, 0.5) is 0 Å². The first-order valence-electron chi connectivity index (χ1n) is 5.87. The van der Waals surface area contributed by atoms with Crippen LogP contribution in [0.3, 0.4) is 0 Å². The summed E-state index contributed by atoms with van der Waals surface area (Å²) in [6, 6.07) is 13.1. The molecule has 0 amide bonds. The van der Waals surface area contributed by atoms with Crippen molar-refractivity contribution in [2.75, 3.05) is 0 Å². The van der Waals surface area contributed by atoms with Crippen molar-refractivity contribution >= 4 is 15.9 Å². The van der Waals surface area contributed by atoms with Crippen LogP contribution >= 0.6 is 15.9 Å². The molecule has 0 spiro atoms. The molecule has 0 aliphatic heterocycles. The lowest BCUT2D eigenvalue weighted by Crippen LogP contribution is -1.96. The molecule has 0 heterocycles. The van der Waals surface area contributed by atoms with E-state index in [2.05, 4.69) is 73.1 Å². The first-order valence-corrected chi connectivity index (χ1v) is 6.67. The average molecular weight is 289 g/mol. The summed E-state index contributed by atoms with van der Waals surface area (Å²) in [4.78, 5) is 0. The molecule has 2 aromatic carbocycles. The second-order valence-corrected chi connectivity index (χ2v) is 5.60. The van der Waals surface area contributed by atoms with Crippen molar-refractivity contribution in [3.8, 4) is 0 Å². The van der Waals surface area contributed by atoms with Crippen molar-refractivity contribution in [1.82, 2.24) is 0 Å². The predicted octanol–water partition coefficient (Wildman–Crippen LogP) is 4.97. The largest absolute Gasteiger partial charge is 0.0576 e. The smallest absolute Gasteiger partial charge is 0.0175 e. The van der Waals surface area contributed by atoms with Crippen molar-refractivity contribution in [1.29, 1.82) is 0 Å². The Morgan fingerprint density at radius 2 is 1.41 bits per heavy atom. The molecule has 0 radical (unpaired) electrons. The lowest BCUT2D eigenvalue weighted by Gasteiger charge is -2.11. The van der Waals surface area contributed by atoms with E-state index in [1.165, 1.54) is 27.8 Å². The van der Waals surface area contributed by atoms with Crippen LogP contribution < -0.4 is 0 Å². The van der Waals surface area contributed by atoms with Gasteiger partial charge in [0.1, 0.15) is 0 Å². The fourth-order valence-electron chi connectivity index (χ4n) is 2.30.